The monoisotopic (exact) mass is 265 g/mol. The minimum atomic E-state index is -0.402. The van der Waals surface area contributed by atoms with Gasteiger partial charge in [0.2, 0.25) is 0 Å². The van der Waals surface area contributed by atoms with E-state index >= 15 is 0 Å². The topological polar surface area (TPSA) is 56.8 Å². The molecule has 0 bridgehead atoms. The van der Waals surface area contributed by atoms with Crippen molar-refractivity contribution in [2.24, 2.45) is 0 Å². The van der Waals surface area contributed by atoms with Gasteiger partial charge in [0.05, 0.1) is 25.9 Å². The van der Waals surface area contributed by atoms with Crippen molar-refractivity contribution >= 4 is 6.09 Å². The van der Waals surface area contributed by atoms with E-state index in [1.807, 2.05) is 31.2 Å². The zero-order valence-electron chi connectivity index (χ0n) is 11.3. The summed E-state index contributed by atoms with van der Waals surface area (Å²) in [5.41, 5.74) is 0.683. The molecule has 0 saturated carbocycles. The lowest BCUT2D eigenvalue weighted by atomic mass is 9.94. The summed E-state index contributed by atoms with van der Waals surface area (Å²) in [6.45, 7) is 3.38. The minimum Gasteiger partial charge on any atom is -0.497 e. The van der Waals surface area contributed by atoms with Crippen molar-refractivity contribution in [2.75, 3.05) is 20.3 Å². The van der Waals surface area contributed by atoms with Crippen LogP contribution in [0.25, 0.3) is 0 Å². The molecular weight excluding hydrogens is 246 g/mol. The van der Waals surface area contributed by atoms with Crippen LogP contribution in [-0.4, -0.2) is 32.0 Å². The fourth-order valence-corrected chi connectivity index (χ4v) is 1.84. The zero-order chi connectivity index (χ0) is 13.7. The SMILES string of the molecule is CCC1(NC(=O)OCc2ccc(OC)cc2)COC1. The Morgan fingerprint density at radius 2 is 2.05 bits per heavy atom. The maximum absolute atomic E-state index is 11.7. The van der Waals surface area contributed by atoms with Crippen molar-refractivity contribution in [3.8, 4) is 5.75 Å². The molecule has 0 atom stereocenters. The highest BCUT2D eigenvalue weighted by molar-refractivity contribution is 5.68. The number of nitrogens with one attached hydrogen (secondary N) is 1. The number of carbonyl (C=O) groups is 1. The molecule has 1 aromatic carbocycles. The molecule has 0 spiro atoms. The summed E-state index contributed by atoms with van der Waals surface area (Å²) in [6, 6.07) is 7.41. The maximum Gasteiger partial charge on any atom is 0.408 e. The van der Waals surface area contributed by atoms with E-state index in [0.29, 0.717) is 13.2 Å². The van der Waals surface area contributed by atoms with Crippen LogP contribution < -0.4 is 10.1 Å². The molecule has 5 heteroatoms. The first-order chi connectivity index (χ1) is 9.17. The van der Waals surface area contributed by atoms with Gasteiger partial charge in [0.25, 0.3) is 0 Å². The van der Waals surface area contributed by atoms with E-state index in [4.69, 9.17) is 14.2 Å². The first kappa shape index (κ1) is 13.7. The summed E-state index contributed by atoms with van der Waals surface area (Å²) in [7, 11) is 1.61. The van der Waals surface area contributed by atoms with Crippen molar-refractivity contribution in [1.82, 2.24) is 5.32 Å². The van der Waals surface area contributed by atoms with E-state index < -0.39 is 6.09 Å². The second kappa shape index (κ2) is 5.93. The summed E-state index contributed by atoms with van der Waals surface area (Å²) in [5, 5.41) is 2.86. The molecule has 1 aliphatic heterocycles. The van der Waals surface area contributed by atoms with Crippen molar-refractivity contribution in [2.45, 2.75) is 25.5 Å². The fourth-order valence-electron chi connectivity index (χ4n) is 1.84. The molecule has 0 radical (unpaired) electrons. The molecule has 5 nitrogen and oxygen atoms in total. The summed E-state index contributed by atoms with van der Waals surface area (Å²) in [5.74, 6) is 0.782. The molecule has 0 unspecified atom stereocenters. The summed E-state index contributed by atoms with van der Waals surface area (Å²) in [6.07, 6.45) is 0.436. The van der Waals surface area contributed by atoms with Gasteiger partial charge in [0, 0.05) is 0 Å². The minimum absolute atomic E-state index is 0.239. The van der Waals surface area contributed by atoms with Crippen LogP contribution in [0.15, 0.2) is 24.3 Å². The van der Waals surface area contributed by atoms with E-state index in [1.165, 1.54) is 0 Å². The largest absolute Gasteiger partial charge is 0.497 e. The zero-order valence-corrected chi connectivity index (χ0v) is 11.3. The number of hydrogen-bond acceptors (Lipinski definition) is 4. The van der Waals surface area contributed by atoms with Crippen LogP contribution in [0.3, 0.4) is 0 Å². The van der Waals surface area contributed by atoms with Crippen LogP contribution in [0.2, 0.25) is 0 Å². The van der Waals surface area contributed by atoms with Gasteiger partial charge >= 0.3 is 6.09 Å². The van der Waals surface area contributed by atoms with Crippen LogP contribution in [0.5, 0.6) is 5.75 Å². The highest BCUT2D eigenvalue weighted by atomic mass is 16.6. The number of hydrogen-bond donors (Lipinski definition) is 1. The summed E-state index contributed by atoms with van der Waals surface area (Å²) in [4.78, 5) is 11.7. The number of amides is 1. The van der Waals surface area contributed by atoms with Crippen molar-refractivity contribution in [1.29, 1.82) is 0 Å². The normalized spacial score (nSPS) is 16.3. The van der Waals surface area contributed by atoms with Gasteiger partial charge in [-0.05, 0) is 24.1 Å². The fraction of sp³-hybridized carbons (Fsp3) is 0.500. The van der Waals surface area contributed by atoms with Crippen molar-refractivity contribution in [3.05, 3.63) is 29.8 Å². The predicted molar refractivity (Wildman–Crippen MR) is 70.2 cm³/mol. The molecule has 19 heavy (non-hydrogen) atoms. The molecule has 1 heterocycles. The van der Waals surface area contributed by atoms with Gasteiger partial charge in [-0.2, -0.15) is 0 Å². The molecule has 1 N–H and O–H groups in total. The van der Waals surface area contributed by atoms with Gasteiger partial charge in [-0.1, -0.05) is 19.1 Å². The summed E-state index contributed by atoms with van der Waals surface area (Å²) >= 11 is 0. The van der Waals surface area contributed by atoms with E-state index in [-0.39, 0.29) is 12.1 Å². The average Bonchev–Trinajstić information content (AvgIpc) is 2.41. The Morgan fingerprint density at radius 1 is 1.37 bits per heavy atom. The Kier molecular flexibility index (Phi) is 4.27. The van der Waals surface area contributed by atoms with Crippen LogP contribution >= 0.6 is 0 Å². The molecule has 0 aliphatic carbocycles. The molecule has 104 valence electrons. The van der Waals surface area contributed by atoms with Crippen molar-refractivity contribution in [3.63, 3.8) is 0 Å². The van der Waals surface area contributed by atoms with Gasteiger partial charge in [-0.15, -0.1) is 0 Å². The molecule has 1 aliphatic rings. The van der Waals surface area contributed by atoms with Crippen LogP contribution in [0, 0.1) is 0 Å². The van der Waals surface area contributed by atoms with Crippen molar-refractivity contribution < 1.29 is 19.0 Å². The van der Waals surface area contributed by atoms with Gasteiger partial charge in [-0.3, -0.25) is 0 Å². The third-order valence-corrected chi connectivity index (χ3v) is 3.33. The number of ether oxygens (including phenoxy) is 3. The first-order valence-corrected chi connectivity index (χ1v) is 6.33. The third-order valence-electron chi connectivity index (χ3n) is 3.33. The molecule has 1 fully saturated rings. The lowest BCUT2D eigenvalue weighted by molar-refractivity contribution is -0.0737. The Hall–Kier alpha value is -1.75. The molecule has 1 amide bonds. The lowest BCUT2D eigenvalue weighted by Gasteiger charge is -2.40. The van der Waals surface area contributed by atoms with Gasteiger partial charge in [0.1, 0.15) is 12.4 Å². The average molecular weight is 265 g/mol. The molecule has 1 saturated heterocycles. The molecule has 0 aromatic heterocycles. The Balaban J connectivity index is 1.79. The predicted octanol–water partition coefficient (Wildman–Crippen LogP) is 2.10. The Bertz CT molecular complexity index is 420. The highest BCUT2D eigenvalue weighted by Crippen LogP contribution is 2.20. The lowest BCUT2D eigenvalue weighted by Crippen LogP contribution is -2.61. The second-order valence-electron chi connectivity index (χ2n) is 4.68. The number of rotatable bonds is 5. The van der Waals surface area contributed by atoms with E-state index in [0.717, 1.165) is 17.7 Å². The highest BCUT2D eigenvalue weighted by Gasteiger charge is 2.38. The second-order valence-corrected chi connectivity index (χ2v) is 4.68. The van der Waals surface area contributed by atoms with Crippen LogP contribution in [-0.2, 0) is 16.1 Å². The van der Waals surface area contributed by atoms with E-state index in [1.54, 1.807) is 7.11 Å². The third kappa shape index (κ3) is 3.38. The number of alkyl carbamates (subject to hydrolysis) is 1. The van der Waals surface area contributed by atoms with E-state index in [9.17, 15) is 4.79 Å². The summed E-state index contributed by atoms with van der Waals surface area (Å²) < 4.78 is 15.4. The molecular formula is C14H19NO4. The number of carbonyl (C=O) groups excluding carboxylic acids is 1. The molecule has 1 aromatic rings. The maximum atomic E-state index is 11.7. The number of methoxy groups -OCH3 is 1. The first-order valence-electron chi connectivity index (χ1n) is 6.33. The quantitative estimate of drug-likeness (QED) is 0.885. The van der Waals surface area contributed by atoms with E-state index in [2.05, 4.69) is 5.32 Å². The smallest absolute Gasteiger partial charge is 0.408 e. The Morgan fingerprint density at radius 3 is 2.53 bits per heavy atom. The standard InChI is InChI=1S/C14H19NO4/c1-3-14(9-18-10-14)15-13(16)19-8-11-4-6-12(17-2)7-5-11/h4-7H,3,8-10H2,1-2H3,(H,15,16). The van der Waals surface area contributed by atoms with Crippen LogP contribution in [0.4, 0.5) is 4.79 Å². The van der Waals surface area contributed by atoms with Gasteiger partial charge in [-0.25, -0.2) is 4.79 Å². The number of benzene rings is 1. The van der Waals surface area contributed by atoms with Gasteiger partial charge < -0.3 is 19.5 Å². The Labute approximate surface area is 112 Å². The van der Waals surface area contributed by atoms with Crippen LogP contribution in [0.1, 0.15) is 18.9 Å². The molecule has 2 rings (SSSR count). The van der Waals surface area contributed by atoms with Gasteiger partial charge in [0.15, 0.2) is 0 Å².